The van der Waals surface area contributed by atoms with E-state index in [1.54, 1.807) is 18.2 Å². The van der Waals surface area contributed by atoms with E-state index in [0.717, 1.165) is 11.8 Å². The number of thiocarbonyl (C=S) groups is 1. The van der Waals surface area contributed by atoms with Crippen LogP contribution in [0.25, 0.3) is 6.08 Å². The lowest BCUT2D eigenvalue weighted by Gasteiger charge is -2.01. The van der Waals surface area contributed by atoms with Gasteiger partial charge in [0, 0.05) is 5.56 Å². The number of benzene rings is 1. The van der Waals surface area contributed by atoms with Crippen molar-refractivity contribution in [1.29, 1.82) is 0 Å². The molecule has 0 unspecified atom stereocenters. The Labute approximate surface area is 101 Å². The van der Waals surface area contributed by atoms with Gasteiger partial charge in [-0.25, -0.2) is 0 Å². The zero-order valence-electron chi connectivity index (χ0n) is 7.93. The van der Waals surface area contributed by atoms with Crippen LogP contribution in [0, 0.1) is 0 Å². The van der Waals surface area contributed by atoms with E-state index < -0.39 is 0 Å². The van der Waals surface area contributed by atoms with Crippen molar-refractivity contribution in [2.24, 2.45) is 0 Å². The molecule has 0 radical (unpaired) electrons. The summed E-state index contributed by atoms with van der Waals surface area (Å²) >= 11 is 5.89. The van der Waals surface area contributed by atoms with Crippen LogP contribution >= 0.6 is 24.0 Å². The number of phenols is 2. The average Bonchev–Trinajstić information content (AvgIpc) is 2.53. The number of rotatable bonds is 1. The first-order chi connectivity index (χ1) is 7.58. The largest absolute Gasteiger partial charge is 0.504 e. The number of thioether (sulfide) groups is 1. The number of phenolic OH excluding ortho intramolecular Hbond substituents is 2. The molecule has 2 rings (SSSR count). The Morgan fingerprint density at radius 1 is 1.38 bits per heavy atom. The van der Waals surface area contributed by atoms with Crippen LogP contribution in [-0.2, 0) is 0 Å². The van der Waals surface area contributed by atoms with Gasteiger partial charge >= 0.3 is 0 Å². The minimum atomic E-state index is -0.240. The zero-order valence-corrected chi connectivity index (χ0v) is 9.56. The van der Waals surface area contributed by atoms with Crippen LogP contribution in [0.4, 0.5) is 4.79 Å². The van der Waals surface area contributed by atoms with Crippen LogP contribution in [0.3, 0.4) is 0 Å². The van der Waals surface area contributed by atoms with Crippen LogP contribution in [-0.4, -0.2) is 20.4 Å². The molecule has 0 bridgehead atoms. The smallest absolute Gasteiger partial charge is 0.289 e. The number of para-hydroxylation sites is 1. The molecule has 4 nitrogen and oxygen atoms in total. The fraction of sp³-hybridized carbons (Fsp3) is 0. The predicted molar refractivity (Wildman–Crippen MR) is 66.5 cm³/mol. The maximum absolute atomic E-state index is 11.0. The van der Waals surface area contributed by atoms with E-state index in [4.69, 9.17) is 12.2 Å². The van der Waals surface area contributed by atoms with E-state index in [-0.39, 0.29) is 16.7 Å². The maximum atomic E-state index is 11.0. The van der Waals surface area contributed by atoms with E-state index in [0.29, 0.717) is 15.5 Å². The monoisotopic (exact) mass is 253 g/mol. The highest BCUT2D eigenvalue weighted by atomic mass is 32.2. The van der Waals surface area contributed by atoms with Crippen LogP contribution in [0.2, 0.25) is 0 Å². The van der Waals surface area contributed by atoms with Gasteiger partial charge in [-0.05, 0) is 23.9 Å². The second-order valence-corrected chi connectivity index (χ2v) is 4.49. The second kappa shape index (κ2) is 4.15. The molecule has 3 N–H and O–H groups in total. The SMILES string of the molecule is O=C1NC(=S)/C(=C/c2cccc(O)c2O)S1. The third-order valence-electron chi connectivity index (χ3n) is 1.97. The first-order valence-corrected chi connectivity index (χ1v) is 5.56. The third-order valence-corrected chi connectivity index (χ3v) is 3.26. The summed E-state index contributed by atoms with van der Waals surface area (Å²) in [5.41, 5.74) is 0.418. The van der Waals surface area contributed by atoms with Gasteiger partial charge in [0.15, 0.2) is 11.5 Å². The average molecular weight is 253 g/mol. The number of hydrogen-bond acceptors (Lipinski definition) is 5. The molecule has 0 saturated carbocycles. The Balaban J connectivity index is 2.40. The minimum absolute atomic E-state index is 0.206. The summed E-state index contributed by atoms with van der Waals surface area (Å²) in [6, 6.07) is 4.59. The summed E-state index contributed by atoms with van der Waals surface area (Å²) in [6.45, 7) is 0. The molecule has 16 heavy (non-hydrogen) atoms. The van der Waals surface area contributed by atoms with E-state index in [9.17, 15) is 15.0 Å². The third kappa shape index (κ3) is 2.02. The van der Waals surface area contributed by atoms with Crippen LogP contribution in [0.1, 0.15) is 5.56 Å². The molecule has 1 aliphatic heterocycles. The lowest BCUT2D eigenvalue weighted by atomic mass is 10.1. The number of nitrogens with one attached hydrogen (secondary N) is 1. The van der Waals surface area contributed by atoms with Gasteiger partial charge in [-0.15, -0.1) is 0 Å². The molecule has 82 valence electrons. The van der Waals surface area contributed by atoms with E-state index >= 15 is 0 Å². The van der Waals surface area contributed by atoms with Crippen LogP contribution in [0.15, 0.2) is 23.1 Å². The van der Waals surface area contributed by atoms with E-state index in [2.05, 4.69) is 5.32 Å². The number of carbonyl (C=O) groups excluding carboxylic acids is 1. The molecule has 0 aliphatic carbocycles. The quantitative estimate of drug-likeness (QED) is 0.407. The molecule has 1 aliphatic rings. The summed E-state index contributed by atoms with van der Waals surface area (Å²) in [6.07, 6.45) is 1.56. The van der Waals surface area contributed by atoms with Crippen LogP contribution in [0.5, 0.6) is 11.5 Å². The van der Waals surface area contributed by atoms with Gasteiger partial charge in [0.2, 0.25) is 0 Å². The molecule has 0 spiro atoms. The zero-order chi connectivity index (χ0) is 11.7. The van der Waals surface area contributed by atoms with Crippen molar-refractivity contribution in [2.45, 2.75) is 0 Å². The van der Waals surface area contributed by atoms with Gasteiger partial charge in [-0.1, -0.05) is 24.4 Å². The molecule has 1 aromatic carbocycles. The van der Waals surface area contributed by atoms with E-state index in [1.165, 1.54) is 6.07 Å². The maximum Gasteiger partial charge on any atom is 0.289 e. The first-order valence-electron chi connectivity index (χ1n) is 4.34. The molecule has 1 amide bonds. The lowest BCUT2D eigenvalue weighted by Crippen LogP contribution is -2.15. The summed E-state index contributed by atoms with van der Waals surface area (Å²) in [7, 11) is 0. The van der Waals surface area contributed by atoms with E-state index in [1.807, 2.05) is 0 Å². The van der Waals surface area contributed by atoms with Crippen molar-refractivity contribution in [3.63, 3.8) is 0 Å². The Morgan fingerprint density at radius 2 is 2.12 bits per heavy atom. The van der Waals surface area contributed by atoms with Gasteiger partial charge in [0.25, 0.3) is 5.24 Å². The van der Waals surface area contributed by atoms with Gasteiger partial charge in [0.1, 0.15) is 4.99 Å². The van der Waals surface area contributed by atoms with Crippen molar-refractivity contribution in [1.82, 2.24) is 5.32 Å². The molecule has 1 aromatic rings. The van der Waals surface area contributed by atoms with Gasteiger partial charge < -0.3 is 15.5 Å². The molecule has 6 heteroatoms. The highest BCUT2D eigenvalue weighted by molar-refractivity contribution is 8.19. The van der Waals surface area contributed by atoms with Crippen molar-refractivity contribution < 1.29 is 15.0 Å². The van der Waals surface area contributed by atoms with Crippen molar-refractivity contribution in [2.75, 3.05) is 0 Å². The number of hydrogen-bond donors (Lipinski definition) is 3. The topological polar surface area (TPSA) is 69.6 Å². The molecular formula is C10H7NO3S2. The molecule has 0 aromatic heterocycles. The van der Waals surface area contributed by atoms with Gasteiger partial charge in [-0.2, -0.15) is 0 Å². The fourth-order valence-corrected chi connectivity index (χ4v) is 2.25. The Hall–Kier alpha value is -1.53. The first kappa shape index (κ1) is 11.0. The summed E-state index contributed by atoms with van der Waals surface area (Å²) in [5.74, 6) is -0.430. The summed E-state index contributed by atoms with van der Waals surface area (Å²) in [5, 5.41) is 21.1. The Kier molecular flexibility index (Phi) is 2.84. The normalized spacial score (nSPS) is 17.9. The minimum Gasteiger partial charge on any atom is -0.504 e. The molecule has 1 saturated heterocycles. The van der Waals surface area contributed by atoms with Gasteiger partial charge in [0.05, 0.1) is 4.91 Å². The van der Waals surface area contributed by atoms with Crippen molar-refractivity contribution >= 4 is 40.3 Å². The molecule has 0 atom stereocenters. The summed E-state index contributed by atoms with van der Waals surface area (Å²) < 4.78 is 0. The Morgan fingerprint density at radius 3 is 2.75 bits per heavy atom. The van der Waals surface area contributed by atoms with Crippen LogP contribution < -0.4 is 5.32 Å². The molecular weight excluding hydrogens is 246 g/mol. The standard InChI is InChI=1S/C10H7NO3S2/c12-6-3-1-2-5(8(6)13)4-7-9(15)11-10(14)16-7/h1-4,12-13H,(H,11,14,15)/b7-4-. The van der Waals surface area contributed by atoms with Crippen molar-refractivity contribution in [3.8, 4) is 11.5 Å². The fourth-order valence-electron chi connectivity index (χ4n) is 1.23. The number of amides is 1. The number of carbonyl (C=O) groups is 1. The predicted octanol–water partition coefficient (Wildman–Crippen LogP) is 2.22. The lowest BCUT2D eigenvalue weighted by molar-refractivity contribution is 0.265. The Bertz CT molecular complexity index is 511. The number of aromatic hydroxyl groups is 2. The molecule has 1 fully saturated rings. The second-order valence-electron chi connectivity index (χ2n) is 3.07. The highest BCUT2D eigenvalue weighted by Crippen LogP contribution is 2.33. The van der Waals surface area contributed by atoms with Gasteiger partial charge in [-0.3, -0.25) is 4.79 Å². The molecule has 1 heterocycles. The van der Waals surface area contributed by atoms with Crippen molar-refractivity contribution in [3.05, 3.63) is 28.7 Å². The summed E-state index contributed by atoms with van der Waals surface area (Å²) in [4.78, 5) is 11.9. The highest BCUT2D eigenvalue weighted by Gasteiger charge is 2.21.